The summed E-state index contributed by atoms with van der Waals surface area (Å²) in [6.45, 7) is 1.84. The second-order valence-electron chi connectivity index (χ2n) is 4.83. The molecule has 0 radical (unpaired) electrons. The molecule has 1 aromatic heterocycles. The third-order valence-electron chi connectivity index (χ3n) is 3.44. The Morgan fingerprint density at radius 2 is 1.82 bits per heavy atom. The summed E-state index contributed by atoms with van der Waals surface area (Å²) in [6.07, 6.45) is 1.32. The van der Waals surface area contributed by atoms with Crippen molar-refractivity contribution >= 4 is 10.0 Å². The van der Waals surface area contributed by atoms with Gasteiger partial charge in [0.15, 0.2) is 16.7 Å². The highest BCUT2D eigenvalue weighted by atomic mass is 32.2. The highest BCUT2D eigenvalue weighted by molar-refractivity contribution is 7.89. The standard InChI is InChI=1S/C13H14F2N4O2S/c14-11-2-1-10(9-12(11)15)19-13(3-4-17-19)22(20,21)18-7-5-16-6-8-18/h1-4,9,16H,5-8H2. The van der Waals surface area contributed by atoms with Crippen LogP contribution >= 0.6 is 0 Å². The topological polar surface area (TPSA) is 67.2 Å². The first-order valence-corrected chi connectivity index (χ1v) is 8.14. The highest BCUT2D eigenvalue weighted by Crippen LogP contribution is 2.21. The highest BCUT2D eigenvalue weighted by Gasteiger charge is 2.29. The van der Waals surface area contributed by atoms with E-state index < -0.39 is 21.7 Å². The Kier molecular flexibility index (Phi) is 3.94. The molecule has 9 heteroatoms. The van der Waals surface area contributed by atoms with Crippen molar-refractivity contribution in [2.45, 2.75) is 5.03 Å². The van der Waals surface area contributed by atoms with E-state index in [1.807, 2.05) is 0 Å². The number of rotatable bonds is 3. The number of piperazine rings is 1. The van der Waals surface area contributed by atoms with Crippen LogP contribution in [0.25, 0.3) is 5.69 Å². The molecule has 1 aromatic carbocycles. The van der Waals surface area contributed by atoms with E-state index in [1.54, 1.807) is 0 Å². The lowest BCUT2D eigenvalue weighted by atomic mass is 10.3. The number of hydrogen-bond acceptors (Lipinski definition) is 4. The van der Waals surface area contributed by atoms with Crippen molar-refractivity contribution in [1.29, 1.82) is 0 Å². The summed E-state index contributed by atoms with van der Waals surface area (Å²) in [5.74, 6) is -2.05. The predicted molar refractivity (Wildman–Crippen MR) is 75.1 cm³/mol. The van der Waals surface area contributed by atoms with Gasteiger partial charge in [0.2, 0.25) is 0 Å². The molecular weight excluding hydrogens is 314 g/mol. The molecule has 0 spiro atoms. The maximum absolute atomic E-state index is 13.4. The minimum Gasteiger partial charge on any atom is -0.314 e. The van der Waals surface area contributed by atoms with Crippen molar-refractivity contribution in [3.8, 4) is 5.69 Å². The number of nitrogens with one attached hydrogen (secondary N) is 1. The van der Waals surface area contributed by atoms with Gasteiger partial charge in [-0.3, -0.25) is 0 Å². The van der Waals surface area contributed by atoms with Crippen LogP contribution in [0.2, 0.25) is 0 Å². The van der Waals surface area contributed by atoms with Crippen molar-refractivity contribution < 1.29 is 17.2 Å². The molecule has 0 bridgehead atoms. The van der Waals surface area contributed by atoms with Crippen LogP contribution < -0.4 is 5.32 Å². The zero-order valence-electron chi connectivity index (χ0n) is 11.5. The van der Waals surface area contributed by atoms with Crippen LogP contribution in [0.15, 0.2) is 35.5 Å². The van der Waals surface area contributed by atoms with Crippen molar-refractivity contribution in [1.82, 2.24) is 19.4 Å². The monoisotopic (exact) mass is 328 g/mol. The molecule has 0 unspecified atom stereocenters. The molecule has 1 fully saturated rings. The van der Waals surface area contributed by atoms with Crippen LogP contribution in [0, 0.1) is 11.6 Å². The first kappa shape index (κ1) is 15.1. The molecule has 3 rings (SSSR count). The van der Waals surface area contributed by atoms with Gasteiger partial charge in [-0.05, 0) is 18.2 Å². The lowest BCUT2D eigenvalue weighted by Gasteiger charge is -2.26. The lowest BCUT2D eigenvalue weighted by molar-refractivity contribution is 0.358. The molecule has 1 saturated heterocycles. The molecule has 1 aliphatic rings. The SMILES string of the molecule is O=S(=O)(c1ccnn1-c1ccc(F)c(F)c1)N1CCNCC1. The largest absolute Gasteiger partial charge is 0.314 e. The maximum Gasteiger partial charge on any atom is 0.260 e. The first-order valence-electron chi connectivity index (χ1n) is 6.70. The van der Waals surface area contributed by atoms with E-state index in [0.717, 1.165) is 16.8 Å². The van der Waals surface area contributed by atoms with Gasteiger partial charge in [-0.15, -0.1) is 0 Å². The van der Waals surface area contributed by atoms with Gasteiger partial charge in [-0.1, -0.05) is 0 Å². The summed E-state index contributed by atoms with van der Waals surface area (Å²) in [4.78, 5) is 0. The second-order valence-corrected chi connectivity index (χ2v) is 6.72. The number of hydrogen-bond donors (Lipinski definition) is 1. The van der Waals surface area contributed by atoms with E-state index in [9.17, 15) is 17.2 Å². The van der Waals surface area contributed by atoms with Gasteiger partial charge in [0.1, 0.15) is 0 Å². The fourth-order valence-corrected chi connectivity index (χ4v) is 3.85. The smallest absolute Gasteiger partial charge is 0.260 e. The summed E-state index contributed by atoms with van der Waals surface area (Å²) >= 11 is 0. The molecule has 2 aromatic rings. The Bertz CT molecular complexity index is 785. The molecule has 118 valence electrons. The van der Waals surface area contributed by atoms with Crippen molar-refractivity contribution in [2.75, 3.05) is 26.2 Å². The van der Waals surface area contributed by atoms with Gasteiger partial charge in [0.25, 0.3) is 10.0 Å². The quantitative estimate of drug-likeness (QED) is 0.903. The van der Waals surface area contributed by atoms with Crippen LogP contribution in [0.1, 0.15) is 0 Å². The number of benzene rings is 1. The Morgan fingerprint density at radius 1 is 1.09 bits per heavy atom. The number of halogens is 2. The lowest BCUT2D eigenvalue weighted by Crippen LogP contribution is -2.46. The zero-order valence-corrected chi connectivity index (χ0v) is 12.4. The van der Waals surface area contributed by atoms with Gasteiger partial charge < -0.3 is 5.32 Å². The van der Waals surface area contributed by atoms with Crippen LogP contribution in [0.5, 0.6) is 0 Å². The van der Waals surface area contributed by atoms with Gasteiger partial charge in [-0.2, -0.15) is 9.40 Å². The Hall–Kier alpha value is -1.84. The first-order chi connectivity index (χ1) is 10.5. The summed E-state index contributed by atoms with van der Waals surface area (Å²) < 4.78 is 54.2. The molecule has 2 heterocycles. The summed E-state index contributed by atoms with van der Waals surface area (Å²) in [6, 6.07) is 4.48. The van der Waals surface area contributed by atoms with Gasteiger partial charge in [-0.25, -0.2) is 21.9 Å². The third-order valence-corrected chi connectivity index (χ3v) is 5.32. The fourth-order valence-electron chi connectivity index (χ4n) is 2.31. The number of aromatic nitrogens is 2. The van der Waals surface area contributed by atoms with Crippen molar-refractivity contribution in [3.63, 3.8) is 0 Å². The van der Waals surface area contributed by atoms with E-state index in [0.29, 0.717) is 26.2 Å². The number of sulfonamides is 1. The van der Waals surface area contributed by atoms with E-state index in [2.05, 4.69) is 10.4 Å². The zero-order chi connectivity index (χ0) is 15.7. The van der Waals surface area contributed by atoms with E-state index in [4.69, 9.17) is 0 Å². The minimum absolute atomic E-state index is 0.0691. The minimum atomic E-state index is -3.74. The van der Waals surface area contributed by atoms with Crippen LogP contribution in [0.3, 0.4) is 0 Å². The third kappa shape index (κ3) is 2.62. The van der Waals surface area contributed by atoms with E-state index >= 15 is 0 Å². The molecule has 22 heavy (non-hydrogen) atoms. The Labute approximate surface area is 126 Å². The van der Waals surface area contributed by atoms with E-state index in [1.165, 1.54) is 22.6 Å². The maximum atomic E-state index is 13.4. The average molecular weight is 328 g/mol. The van der Waals surface area contributed by atoms with Crippen LogP contribution in [-0.2, 0) is 10.0 Å². The van der Waals surface area contributed by atoms with Gasteiger partial charge in [0, 0.05) is 32.2 Å². The molecule has 1 aliphatic heterocycles. The molecule has 1 N–H and O–H groups in total. The fraction of sp³-hybridized carbons (Fsp3) is 0.308. The van der Waals surface area contributed by atoms with Gasteiger partial charge in [0.05, 0.1) is 11.9 Å². The molecule has 0 atom stereocenters. The summed E-state index contributed by atoms with van der Waals surface area (Å²) in [5, 5.41) is 6.93. The molecule has 6 nitrogen and oxygen atoms in total. The van der Waals surface area contributed by atoms with Crippen LogP contribution in [0.4, 0.5) is 8.78 Å². The van der Waals surface area contributed by atoms with Crippen LogP contribution in [-0.4, -0.2) is 48.7 Å². The predicted octanol–water partition coefficient (Wildman–Crippen LogP) is 0.744. The summed E-state index contributed by atoms with van der Waals surface area (Å²) in [7, 11) is -3.74. The van der Waals surface area contributed by atoms with Crippen molar-refractivity contribution in [2.24, 2.45) is 0 Å². The molecule has 0 aliphatic carbocycles. The summed E-state index contributed by atoms with van der Waals surface area (Å²) in [5.41, 5.74) is 0.151. The second kappa shape index (κ2) is 5.75. The van der Waals surface area contributed by atoms with E-state index in [-0.39, 0.29) is 10.7 Å². The van der Waals surface area contributed by atoms with Gasteiger partial charge >= 0.3 is 0 Å². The number of nitrogens with zero attached hydrogens (tertiary/aromatic N) is 3. The Balaban J connectivity index is 2.02. The molecule has 0 amide bonds. The molecular formula is C13H14F2N4O2S. The van der Waals surface area contributed by atoms with Crippen molar-refractivity contribution in [3.05, 3.63) is 42.1 Å². The normalized spacial score (nSPS) is 16.8. The molecule has 0 saturated carbocycles. The Morgan fingerprint density at radius 3 is 2.50 bits per heavy atom. The average Bonchev–Trinajstić information content (AvgIpc) is 3.01.